The molecule has 1 saturated heterocycles. The molecule has 1 aliphatic rings. The number of rotatable bonds is 2. The number of hydrogen-bond acceptors (Lipinski definition) is 5. The molecule has 0 aromatic carbocycles. The van der Waals surface area contributed by atoms with Crippen molar-refractivity contribution in [2.24, 2.45) is 7.05 Å². The van der Waals surface area contributed by atoms with E-state index in [9.17, 15) is 4.79 Å². The van der Waals surface area contributed by atoms with Gasteiger partial charge in [-0.1, -0.05) is 0 Å². The van der Waals surface area contributed by atoms with E-state index < -0.39 is 0 Å². The largest absolute Gasteiger partial charge is 0.378 e. The van der Waals surface area contributed by atoms with Gasteiger partial charge in [-0.15, -0.1) is 0 Å². The van der Waals surface area contributed by atoms with Crippen molar-refractivity contribution in [3.05, 3.63) is 41.1 Å². The van der Waals surface area contributed by atoms with Gasteiger partial charge in [0.05, 0.1) is 18.9 Å². The van der Waals surface area contributed by atoms with E-state index in [1.807, 2.05) is 6.07 Å². The quantitative estimate of drug-likeness (QED) is 0.804. The first-order valence-corrected chi connectivity index (χ1v) is 6.56. The van der Waals surface area contributed by atoms with E-state index in [0.29, 0.717) is 13.2 Å². The van der Waals surface area contributed by atoms with Crippen LogP contribution in [0.2, 0.25) is 0 Å². The molecule has 104 valence electrons. The van der Waals surface area contributed by atoms with Crippen LogP contribution in [0.1, 0.15) is 0 Å². The molecule has 6 nitrogen and oxygen atoms in total. The SMILES string of the molecule is Cn1c(N2CCOCC2)cc(-c2ccncn2)cc1=O. The molecular weight excluding hydrogens is 256 g/mol. The maximum Gasteiger partial charge on any atom is 0.252 e. The van der Waals surface area contributed by atoms with Crippen LogP contribution < -0.4 is 10.5 Å². The highest BCUT2D eigenvalue weighted by Gasteiger charge is 2.15. The fourth-order valence-corrected chi connectivity index (χ4v) is 2.33. The molecule has 0 spiro atoms. The number of pyridine rings is 1. The second-order valence-corrected chi connectivity index (χ2v) is 4.69. The molecule has 0 radical (unpaired) electrons. The van der Waals surface area contributed by atoms with Crippen molar-refractivity contribution >= 4 is 5.82 Å². The van der Waals surface area contributed by atoms with E-state index in [0.717, 1.165) is 30.2 Å². The van der Waals surface area contributed by atoms with Crippen LogP contribution in [0.15, 0.2) is 35.5 Å². The van der Waals surface area contributed by atoms with Crippen molar-refractivity contribution in [3.63, 3.8) is 0 Å². The van der Waals surface area contributed by atoms with Crippen LogP contribution in [0.4, 0.5) is 5.82 Å². The Kier molecular flexibility index (Phi) is 3.47. The fourth-order valence-electron chi connectivity index (χ4n) is 2.33. The topological polar surface area (TPSA) is 60.2 Å². The van der Waals surface area contributed by atoms with E-state index in [1.165, 1.54) is 6.33 Å². The zero-order valence-corrected chi connectivity index (χ0v) is 11.3. The van der Waals surface area contributed by atoms with Crippen LogP contribution in [-0.4, -0.2) is 40.8 Å². The molecule has 2 aromatic rings. The van der Waals surface area contributed by atoms with Gasteiger partial charge in [0.1, 0.15) is 12.1 Å². The molecule has 20 heavy (non-hydrogen) atoms. The minimum absolute atomic E-state index is 0.0393. The number of ether oxygens (including phenoxy) is 1. The minimum atomic E-state index is -0.0393. The maximum absolute atomic E-state index is 12.1. The smallest absolute Gasteiger partial charge is 0.252 e. The summed E-state index contributed by atoms with van der Waals surface area (Å²) in [5, 5.41) is 0. The van der Waals surface area contributed by atoms with E-state index >= 15 is 0 Å². The summed E-state index contributed by atoms with van der Waals surface area (Å²) in [7, 11) is 1.79. The molecule has 1 fully saturated rings. The Morgan fingerprint density at radius 3 is 2.75 bits per heavy atom. The summed E-state index contributed by atoms with van der Waals surface area (Å²) in [4.78, 5) is 22.4. The van der Waals surface area contributed by atoms with Crippen molar-refractivity contribution in [2.45, 2.75) is 0 Å². The molecule has 0 unspecified atom stereocenters. The van der Waals surface area contributed by atoms with Crippen molar-refractivity contribution < 1.29 is 4.74 Å². The zero-order valence-electron chi connectivity index (χ0n) is 11.3. The number of nitrogens with zero attached hydrogens (tertiary/aromatic N) is 4. The lowest BCUT2D eigenvalue weighted by Crippen LogP contribution is -2.39. The van der Waals surface area contributed by atoms with Gasteiger partial charge in [0.15, 0.2) is 0 Å². The summed E-state index contributed by atoms with van der Waals surface area (Å²) < 4.78 is 7.02. The summed E-state index contributed by atoms with van der Waals surface area (Å²) >= 11 is 0. The Hall–Kier alpha value is -2.21. The normalized spacial score (nSPS) is 15.3. The number of morpholine rings is 1. The van der Waals surface area contributed by atoms with Crippen molar-refractivity contribution in [3.8, 4) is 11.3 Å². The van der Waals surface area contributed by atoms with Crippen LogP contribution in [0, 0.1) is 0 Å². The molecule has 0 saturated carbocycles. The summed E-state index contributed by atoms with van der Waals surface area (Å²) in [6.45, 7) is 2.96. The van der Waals surface area contributed by atoms with Crippen molar-refractivity contribution in [1.29, 1.82) is 0 Å². The average Bonchev–Trinajstić information content (AvgIpc) is 2.51. The third-order valence-electron chi connectivity index (χ3n) is 3.45. The predicted molar refractivity (Wildman–Crippen MR) is 75.7 cm³/mol. The minimum Gasteiger partial charge on any atom is -0.378 e. The molecular formula is C14H16N4O2. The van der Waals surface area contributed by atoms with E-state index in [1.54, 1.807) is 29.9 Å². The van der Waals surface area contributed by atoms with E-state index in [4.69, 9.17) is 4.74 Å². The van der Waals surface area contributed by atoms with E-state index in [-0.39, 0.29) is 5.56 Å². The molecule has 0 aliphatic carbocycles. The Morgan fingerprint density at radius 2 is 2.05 bits per heavy atom. The van der Waals surface area contributed by atoms with Gasteiger partial charge in [0.25, 0.3) is 5.56 Å². The van der Waals surface area contributed by atoms with Gasteiger partial charge in [-0.2, -0.15) is 0 Å². The Balaban J connectivity index is 2.06. The summed E-state index contributed by atoms with van der Waals surface area (Å²) in [6, 6.07) is 5.40. The molecule has 0 atom stereocenters. The second-order valence-electron chi connectivity index (χ2n) is 4.69. The second kappa shape index (κ2) is 5.42. The number of aromatic nitrogens is 3. The Bertz CT molecular complexity index is 648. The summed E-state index contributed by atoms with van der Waals surface area (Å²) in [6.07, 6.45) is 3.16. The highest BCUT2D eigenvalue weighted by molar-refractivity contribution is 5.63. The highest BCUT2D eigenvalue weighted by atomic mass is 16.5. The van der Waals surface area contributed by atoms with Crippen LogP contribution in [0.25, 0.3) is 11.3 Å². The molecule has 2 aromatic heterocycles. The van der Waals surface area contributed by atoms with Gasteiger partial charge in [-0.25, -0.2) is 9.97 Å². The fraction of sp³-hybridized carbons (Fsp3) is 0.357. The molecule has 0 N–H and O–H groups in total. The lowest BCUT2D eigenvalue weighted by atomic mass is 10.1. The lowest BCUT2D eigenvalue weighted by Gasteiger charge is -2.30. The Morgan fingerprint density at radius 1 is 1.25 bits per heavy atom. The van der Waals surface area contributed by atoms with Crippen LogP contribution in [-0.2, 0) is 11.8 Å². The first kappa shape index (κ1) is 12.8. The first-order valence-electron chi connectivity index (χ1n) is 6.56. The monoisotopic (exact) mass is 272 g/mol. The third-order valence-corrected chi connectivity index (χ3v) is 3.45. The molecule has 0 bridgehead atoms. The van der Waals surface area contributed by atoms with E-state index in [2.05, 4.69) is 14.9 Å². The third kappa shape index (κ3) is 2.42. The molecule has 3 heterocycles. The lowest BCUT2D eigenvalue weighted by molar-refractivity contribution is 0.122. The van der Waals surface area contributed by atoms with Gasteiger partial charge >= 0.3 is 0 Å². The molecule has 6 heteroatoms. The van der Waals surface area contributed by atoms with Gasteiger partial charge in [-0.3, -0.25) is 9.36 Å². The summed E-state index contributed by atoms with van der Waals surface area (Å²) in [5.41, 5.74) is 1.53. The Labute approximate surface area is 116 Å². The van der Waals surface area contributed by atoms with Crippen LogP contribution >= 0.6 is 0 Å². The predicted octanol–water partition coefficient (Wildman–Crippen LogP) is 0.679. The van der Waals surface area contributed by atoms with Gasteiger partial charge in [0, 0.05) is 38.0 Å². The zero-order chi connectivity index (χ0) is 13.9. The number of anilines is 1. The van der Waals surface area contributed by atoms with Crippen LogP contribution in [0.5, 0.6) is 0 Å². The average molecular weight is 272 g/mol. The molecule has 3 rings (SSSR count). The van der Waals surface area contributed by atoms with Crippen molar-refractivity contribution in [2.75, 3.05) is 31.2 Å². The van der Waals surface area contributed by atoms with Gasteiger partial charge in [0.2, 0.25) is 0 Å². The maximum atomic E-state index is 12.1. The summed E-state index contributed by atoms with van der Waals surface area (Å²) in [5.74, 6) is 0.898. The molecule has 1 aliphatic heterocycles. The van der Waals surface area contributed by atoms with Gasteiger partial charge < -0.3 is 9.64 Å². The molecule has 0 amide bonds. The van der Waals surface area contributed by atoms with Crippen LogP contribution in [0.3, 0.4) is 0 Å². The number of hydrogen-bond donors (Lipinski definition) is 0. The van der Waals surface area contributed by atoms with Crippen molar-refractivity contribution in [1.82, 2.24) is 14.5 Å². The standard InChI is InChI=1S/C14H16N4O2/c1-17-13(18-4-6-20-7-5-18)8-11(9-14(17)19)12-2-3-15-10-16-12/h2-3,8-10H,4-7H2,1H3. The first-order chi connectivity index (χ1) is 9.75. The van der Waals surface area contributed by atoms with Gasteiger partial charge in [-0.05, 0) is 12.1 Å². The highest BCUT2D eigenvalue weighted by Crippen LogP contribution is 2.21.